The van der Waals surface area contributed by atoms with Crippen LogP contribution >= 0.6 is 0 Å². The number of carbonyl (C=O) groups excluding carboxylic acids is 1. The molecule has 0 aromatic rings. The molecule has 1 fully saturated rings. The fraction of sp³-hybridized carbons (Fsp3) is 0.857. The summed E-state index contributed by atoms with van der Waals surface area (Å²) < 4.78 is 0. The van der Waals surface area contributed by atoms with Crippen molar-refractivity contribution in [3.63, 3.8) is 0 Å². The van der Waals surface area contributed by atoms with Crippen molar-refractivity contribution in [1.29, 1.82) is 0 Å². The Kier molecular flexibility index (Phi) is 5.35. The van der Waals surface area contributed by atoms with E-state index in [1.807, 2.05) is 20.8 Å². The average Bonchev–Trinajstić information content (AvgIpc) is 2.38. The van der Waals surface area contributed by atoms with E-state index in [4.69, 9.17) is 0 Å². The van der Waals surface area contributed by atoms with Gasteiger partial charge < -0.3 is 15.1 Å². The zero-order valence-electron chi connectivity index (χ0n) is 12.1. The average molecular weight is 271 g/mol. The van der Waals surface area contributed by atoms with E-state index in [9.17, 15) is 19.8 Å². The van der Waals surface area contributed by atoms with E-state index in [1.165, 1.54) is 0 Å². The lowest BCUT2D eigenvalue weighted by molar-refractivity contribution is -0.155. The third-order valence-corrected chi connectivity index (χ3v) is 4.51. The molecule has 1 heterocycles. The molecular weight excluding hydrogens is 246 g/mol. The van der Waals surface area contributed by atoms with E-state index in [-0.39, 0.29) is 24.3 Å². The number of piperidine rings is 1. The minimum Gasteiger partial charge on any atom is -0.481 e. The Morgan fingerprint density at radius 1 is 1.32 bits per heavy atom. The number of rotatable bonds is 5. The summed E-state index contributed by atoms with van der Waals surface area (Å²) in [6.07, 6.45) is 1.18. The van der Waals surface area contributed by atoms with Crippen LogP contribution in [0.2, 0.25) is 0 Å². The van der Waals surface area contributed by atoms with Gasteiger partial charge in [-0.05, 0) is 25.2 Å². The van der Waals surface area contributed by atoms with Gasteiger partial charge >= 0.3 is 5.97 Å². The van der Waals surface area contributed by atoms with Gasteiger partial charge in [-0.25, -0.2) is 0 Å². The summed E-state index contributed by atoms with van der Waals surface area (Å²) in [7, 11) is 0. The molecule has 2 atom stereocenters. The second-order valence-electron chi connectivity index (χ2n) is 5.64. The third-order valence-electron chi connectivity index (χ3n) is 4.51. The van der Waals surface area contributed by atoms with E-state index in [0.717, 1.165) is 0 Å². The van der Waals surface area contributed by atoms with Crippen molar-refractivity contribution >= 4 is 11.9 Å². The Labute approximate surface area is 114 Å². The number of amides is 1. The van der Waals surface area contributed by atoms with Crippen LogP contribution in [0.25, 0.3) is 0 Å². The molecule has 0 aromatic carbocycles. The number of carboxylic acids is 1. The molecule has 19 heavy (non-hydrogen) atoms. The molecule has 0 spiro atoms. The highest BCUT2D eigenvalue weighted by Crippen LogP contribution is 2.32. The van der Waals surface area contributed by atoms with Crippen LogP contribution in [0.15, 0.2) is 0 Å². The largest absolute Gasteiger partial charge is 0.481 e. The van der Waals surface area contributed by atoms with Gasteiger partial charge in [-0.15, -0.1) is 0 Å². The number of aliphatic hydroxyl groups excluding tert-OH is 1. The van der Waals surface area contributed by atoms with E-state index >= 15 is 0 Å². The number of aliphatic hydroxyl groups is 1. The van der Waals surface area contributed by atoms with Crippen LogP contribution in [0.3, 0.4) is 0 Å². The van der Waals surface area contributed by atoms with Crippen molar-refractivity contribution < 1.29 is 19.8 Å². The lowest BCUT2D eigenvalue weighted by Crippen LogP contribution is -2.47. The molecule has 5 heteroatoms. The molecule has 5 nitrogen and oxygen atoms in total. The molecule has 1 saturated heterocycles. The number of carboxylic acid groups (broad SMARTS) is 1. The molecule has 0 saturated carbocycles. The van der Waals surface area contributed by atoms with Crippen molar-refractivity contribution in [1.82, 2.24) is 4.90 Å². The molecule has 2 unspecified atom stereocenters. The van der Waals surface area contributed by atoms with Gasteiger partial charge in [0.15, 0.2) is 0 Å². The van der Waals surface area contributed by atoms with Crippen LogP contribution in [-0.2, 0) is 9.59 Å². The van der Waals surface area contributed by atoms with Crippen LogP contribution in [0.1, 0.15) is 46.5 Å². The SMILES string of the molecule is CCC(CC)(CC(=O)N1CCC(O)C(C)C1)C(=O)O. The van der Waals surface area contributed by atoms with Crippen molar-refractivity contribution in [3.8, 4) is 0 Å². The Hall–Kier alpha value is -1.10. The summed E-state index contributed by atoms with van der Waals surface area (Å²) in [5.74, 6) is -0.944. The first-order valence-electron chi connectivity index (χ1n) is 7.05. The summed E-state index contributed by atoms with van der Waals surface area (Å²) in [4.78, 5) is 25.4. The number of carbonyl (C=O) groups is 2. The standard InChI is InChI=1S/C14H25NO4/c1-4-14(5-2,13(18)19)8-12(17)15-7-6-11(16)10(3)9-15/h10-11,16H,4-9H2,1-3H3,(H,18,19). The molecule has 0 aliphatic carbocycles. The van der Waals surface area contributed by atoms with Gasteiger partial charge in [0.1, 0.15) is 0 Å². The highest BCUT2D eigenvalue weighted by Gasteiger charge is 2.39. The number of hydrogen-bond acceptors (Lipinski definition) is 3. The van der Waals surface area contributed by atoms with Crippen LogP contribution in [0.5, 0.6) is 0 Å². The number of hydrogen-bond donors (Lipinski definition) is 2. The van der Waals surface area contributed by atoms with Crippen molar-refractivity contribution in [2.75, 3.05) is 13.1 Å². The molecule has 0 bridgehead atoms. The molecule has 1 aliphatic rings. The second-order valence-corrected chi connectivity index (χ2v) is 5.64. The molecule has 0 aromatic heterocycles. The summed E-state index contributed by atoms with van der Waals surface area (Å²) in [6, 6.07) is 0. The number of nitrogens with zero attached hydrogens (tertiary/aromatic N) is 1. The minimum atomic E-state index is -0.948. The van der Waals surface area contributed by atoms with Crippen LogP contribution < -0.4 is 0 Å². The molecule has 1 rings (SSSR count). The van der Waals surface area contributed by atoms with Gasteiger partial charge in [-0.3, -0.25) is 9.59 Å². The van der Waals surface area contributed by atoms with Gasteiger partial charge in [0.05, 0.1) is 11.5 Å². The molecule has 1 amide bonds. The topological polar surface area (TPSA) is 77.8 Å². The summed E-state index contributed by atoms with van der Waals surface area (Å²) in [5, 5.41) is 19.0. The third kappa shape index (κ3) is 3.47. The first-order chi connectivity index (χ1) is 8.86. The minimum absolute atomic E-state index is 0.0537. The zero-order chi connectivity index (χ0) is 14.6. The molecule has 110 valence electrons. The van der Waals surface area contributed by atoms with Gasteiger partial charge in [-0.1, -0.05) is 20.8 Å². The maximum atomic E-state index is 12.3. The summed E-state index contributed by atoms with van der Waals surface area (Å²) in [5.41, 5.74) is -0.948. The van der Waals surface area contributed by atoms with Gasteiger partial charge in [0.2, 0.25) is 5.91 Å². The zero-order valence-corrected chi connectivity index (χ0v) is 12.1. The second kappa shape index (κ2) is 6.37. The van der Waals surface area contributed by atoms with Crippen molar-refractivity contribution in [2.24, 2.45) is 11.3 Å². The smallest absolute Gasteiger partial charge is 0.310 e. The Morgan fingerprint density at radius 3 is 2.32 bits per heavy atom. The predicted molar refractivity (Wildman–Crippen MR) is 71.6 cm³/mol. The maximum absolute atomic E-state index is 12.3. The first kappa shape index (κ1) is 16.0. The molecule has 1 aliphatic heterocycles. The highest BCUT2D eigenvalue weighted by atomic mass is 16.4. The van der Waals surface area contributed by atoms with E-state index < -0.39 is 11.4 Å². The van der Waals surface area contributed by atoms with Crippen LogP contribution in [-0.4, -0.2) is 46.2 Å². The van der Waals surface area contributed by atoms with E-state index in [0.29, 0.717) is 32.4 Å². The van der Waals surface area contributed by atoms with Crippen molar-refractivity contribution in [2.45, 2.75) is 52.6 Å². The van der Waals surface area contributed by atoms with Gasteiger partial charge in [0, 0.05) is 19.5 Å². The van der Waals surface area contributed by atoms with Crippen LogP contribution in [0, 0.1) is 11.3 Å². The lowest BCUT2D eigenvalue weighted by Gasteiger charge is -2.36. The number of aliphatic carboxylic acids is 1. The maximum Gasteiger partial charge on any atom is 0.310 e. The number of likely N-dealkylation sites (tertiary alicyclic amines) is 1. The molecule has 2 N–H and O–H groups in total. The molecular formula is C14H25NO4. The molecule has 0 radical (unpaired) electrons. The Balaban J connectivity index is 2.70. The van der Waals surface area contributed by atoms with E-state index in [1.54, 1.807) is 4.90 Å². The summed E-state index contributed by atoms with van der Waals surface area (Å²) in [6.45, 7) is 6.58. The first-order valence-corrected chi connectivity index (χ1v) is 7.05. The fourth-order valence-electron chi connectivity index (χ4n) is 2.64. The van der Waals surface area contributed by atoms with Crippen LogP contribution in [0.4, 0.5) is 0 Å². The van der Waals surface area contributed by atoms with Crippen molar-refractivity contribution in [3.05, 3.63) is 0 Å². The summed E-state index contributed by atoms with van der Waals surface area (Å²) >= 11 is 0. The van der Waals surface area contributed by atoms with Gasteiger partial charge in [0.25, 0.3) is 0 Å². The highest BCUT2D eigenvalue weighted by molar-refractivity contribution is 5.85. The Morgan fingerprint density at radius 2 is 1.89 bits per heavy atom. The lowest BCUT2D eigenvalue weighted by atomic mass is 9.78. The van der Waals surface area contributed by atoms with E-state index in [2.05, 4.69) is 0 Å². The quantitative estimate of drug-likeness (QED) is 0.794. The fourth-order valence-corrected chi connectivity index (χ4v) is 2.64. The van der Waals surface area contributed by atoms with Gasteiger partial charge in [-0.2, -0.15) is 0 Å². The monoisotopic (exact) mass is 271 g/mol. The predicted octanol–water partition coefficient (Wildman–Crippen LogP) is 1.50. The Bertz CT molecular complexity index is 338. The normalized spacial score (nSPS) is 24.3.